The van der Waals surface area contributed by atoms with Gasteiger partial charge in [0.15, 0.2) is 0 Å². The molecule has 0 aliphatic heterocycles. The molecule has 5 nitrogen and oxygen atoms in total. The van der Waals surface area contributed by atoms with Crippen LogP contribution < -0.4 is 10.0 Å². The first-order valence-electron chi connectivity index (χ1n) is 7.48. The Morgan fingerprint density at radius 3 is 2.26 bits per heavy atom. The topological polar surface area (TPSA) is 75.3 Å². The molecule has 0 saturated carbocycles. The van der Waals surface area contributed by atoms with Crippen molar-refractivity contribution in [1.82, 2.24) is 10.0 Å². The normalized spacial score (nSPS) is 13.9. The van der Waals surface area contributed by atoms with Gasteiger partial charge in [0.05, 0.1) is 10.5 Å². The van der Waals surface area contributed by atoms with E-state index < -0.39 is 21.5 Å². The molecule has 23 heavy (non-hydrogen) atoms. The Morgan fingerprint density at radius 1 is 1.22 bits per heavy atom. The van der Waals surface area contributed by atoms with Gasteiger partial charge in [-0.1, -0.05) is 26.0 Å². The minimum absolute atomic E-state index is 0.0375. The molecule has 0 unspecified atom stereocenters. The van der Waals surface area contributed by atoms with Gasteiger partial charge in [0.25, 0.3) is 5.91 Å². The number of halogens is 1. The molecule has 0 aliphatic carbocycles. The second kappa shape index (κ2) is 7.64. The molecule has 130 valence electrons. The number of carbonyl (C=O) groups excluding carboxylic acids is 1. The van der Waals surface area contributed by atoms with Gasteiger partial charge in [0.2, 0.25) is 10.0 Å². The molecule has 7 heteroatoms. The fourth-order valence-corrected chi connectivity index (χ4v) is 4.03. The molecule has 2 N–H and O–H groups in total. The minimum Gasteiger partial charge on any atom is -0.348 e. The van der Waals surface area contributed by atoms with Gasteiger partial charge in [-0.05, 0) is 38.8 Å². The van der Waals surface area contributed by atoms with Crippen molar-refractivity contribution >= 4 is 27.5 Å². The van der Waals surface area contributed by atoms with Crippen molar-refractivity contribution in [3.8, 4) is 0 Å². The largest absolute Gasteiger partial charge is 0.348 e. The highest BCUT2D eigenvalue weighted by atomic mass is 35.5. The summed E-state index contributed by atoms with van der Waals surface area (Å²) >= 11 is 5.87. The van der Waals surface area contributed by atoms with E-state index in [1.54, 1.807) is 32.9 Å². The molecular weight excluding hydrogens is 336 g/mol. The molecule has 0 aromatic heterocycles. The number of hydrogen-bond acceptors (Lipinski definition) is 3. The van der Waals surface area contributed by atoms with Crippen molar-refractivity contribution in [1.29, 1.82) is 0 Å². The summed E-state index contributed by atoms with van der Waals surface area (Å²) in [5.74, 6) is -0.0365. The zero-order valence-electron chi connectivity index (χ0n) is 14.2. The van der Waals surface area contributed by atoms with Gasteiger partial charge in [-0.15, -0.1) is 11.6 Å². The summed E-state index contributed by atoms with van der Waals surface area (Å²) in [7, 11) is -3.80. The predicted octanol–water partition coefficient (Wildman–Crippen LogP) is 2.76. The maximum absolute atomic E-state index is 12.5. The van der Waals surface area contributed by atoms with Crippen LogP contribution >= 0.6 is 11.6 Å². The Balaban J connectivity index is 3.18. The van der Waals surface area contributed by atoms with Crippen molar-refractivity contribution in [3.63, 3.8) is 0 Å². The third kappa shape index (κ3) is 5.79. The average molecular weight is 361 g/mol. The van der Waals surface area contributed by atoms with Gasteiger partial charge in [-0.2, -0.15) is 0 Å². The Morgan fingerprint density at radius 2 is 1.78 bits per heavy atom. The maximum Gasteiger partial charge on any atom is 0.252 e. The lowest BCUT2D eigenvalue weighted by Crippen LogP contribution is -2.43. The van der Waals surface area contributed by atoms with Crippen LogP contribution in [0.3, 0.4) is 0 Å². The van der Waals surface area contributed by atoms with Crippen LogP contribution in [0.1, 0.15) is 45.0 Å². The highest BCUT2D eigenvalue weighted by Gasteiger charge is 2.27. The predicted molar refractivity (Wildman–Crippen MR) is 93.3 cm³/mol. The summed E-state index contributed by atoms with van der Waals surface area (Å²) in [6.07, 6.45) is 0. The molecule has 0 spiro atoms. The standard InChI is InChI=1S/C16H25ClN2O3S/c1-11(2)13(10-17)18-15(20)12-8-6-7-9-14(12)23(21,22)19-16(3,4)5/h6-9,11,13,19H,10H2,1-5H3,(H,18,20)/t13-/m1/s1. The number of amides is 1. The van der Waals surface area contributed by atoms with Crippen molar-refractivity contribution < 1.29 is 13.2 Å². The second-order valence-electron chi connectivity index (χ2n) is 6.83. The molecule has 1 aromatic carbocycles. The summed E-state index contributed by atoms with van der Waals surface area (Å²) in [6, 6.07) is 5.92. The highest BCUT2D eigenvalue weighted by molar-refractivity contribution is 7.89. The molecule has 0 bridgehead atoms. The summed E-state index contributed by atoms with van der Waals surface area (Å²) in [6.45, 7) is 9.12. The average Bonchev–Trinajstić information content (AvgIpc) is 2.41. The Bertz CT molecular complexity index is 652. The molecule has 1 atom stereocenters. The molecule has 1 aromatic rings. The Kier molecular flexibility index (Phi) is 6.62. The second-order valence-corrected chi connectivity index (χ2v) is 8.79. The smallest absolute Gasteiger partial charge is 0.252 e. The van der Waals surface area contributed by atoms with Crippen LogP contribution in [0.4, 0.5) is 0 Å². The number of carbonyl (C=O) groups is 1. The van der Waals surface area contributed by atoms with Crippen LogP contribution in [0.15, 0.2) is 29.2 Å². The maximum atomic E-state index is 12.5. The van der Waals surface area contributed by atoms with E-state index in [1.807, 2.05) is 13.8 Å². The fraction of sp³-hybridized carbons (Fsp3) is 0.562. The van der Waals surface area contributed by atoms with E-state index in [0.29, 0.717) is 0 Å². The number of sulfonamides is 1. The van der Waals surface area contributed by atoms with Gasteiger partial charge in [-0.3, -0.25) is 4.79 Å². The van der Waals surface area contributed by atoms with E-state index in [2.05, 4.69) is 10.0 Å². The Hall–Kier alpha value is -1.11. The van der Waals surface area contributed by atoms with E-state index in [4.69, 9.17) is 11.6 Å². The number of rotatable bonds is 6. The molecule has 0 aliphatic rings. The van der Waals surface area contributed by atoms with E-state index in [0.717, 1.165) is 0 Å². The monoisotopic (exact) mass is 360 g/mol. The van der Waals surface area contributed by atoms with E-state index in [-0.39, 0.29) is 28.3 Å². The molecule has 0 heterocycles. The van der Waals surface area contributed by atoms with Crippen molar-refractivity contribution in [2.45, 2.75) is 51.1 Å². The van der Waals surface area contributed by atoms with Gasteiger partial charge < -0.3 is 5.32 Å². The summed E-state index contributed by atoms with van der Waals surface area (Å²) in [5, 5.41) is 2.79. The van der Waals surface area contributed by atoms with Crippen LogP contribution in [0.2, 0.25) is 0 Å². The lowest BCUT2D eigenvalue weighted by atomic mass is 10.1. The number of alkyl halides is 1. The van der Waals surface area contributed by atoms with Crippen molar-refractivity contribution in [2.24, 2.45) is 5.92 Å². The Labute approximate surface area is 143 Å². The zero-order chi connectivity index (χ0) is 17.8. The molecule has 0 radical (unpaired) electrons. The third-order valence-electron chi connectivity index (χ3n) is 3.15. The van der Waals surface area contributed by atoms with Gasteiger partial charge in [0.1, 0.15) is 0 Å². The third-order valence-corrected chi connectivity index (χ3v) is 5.30. The van der Waals surface area contributed by atoms with Gasteiger partial charge in [0, 0.05) is 17.5 Å². The van der Waals surface area contributed by atoms with Gasteiger partial charge >= 0.3 is 0 Å². The molecule has 0 saturated heterocycles. The van der Waals surface area contributed by atoms with E-state index in [1.165, 1.54) is 12.1 Å². The molecular formula is C16H25ClN2O3S. The summed E-state index contributed by atoms with van der Waals surface area (Å²) in [5.41, 5.74) is -0.529. The molecule has 0 fully saturated rings. The SMILES string of the molecule is CC(C)[C@@H](CCl)NC(=O)c1ccccc1S(=O)(=O)NC(C)(C)C. The lowest BCUT2D eigenvalue weighted by Gasteiger charge is -2.23. The highest BCUT2D eigenvalue weighted by Crippen LogP contribution is 2.18. The minimum atomic E-state index is -3.80. The zero-order valence-corrected chi connectivity index (χ0v) is 15.8. The van der Waals surface area contributed by atoms with Crippen LogP contribution in [0.25, 0.3) is 0 Å². The number of benzene rings is 1. The van der Waals surface area contributed by atoms with Crippen molar-refractivity contribution in [3.05, 3.63) is 29.8 Å². The first-order valence-corrected chi connectivity index (χ1v) is 9.49. The number of nitrogens with one attached hydrogen (secondary N) is 2. The molecule has 1 amide bonds. The first-order chi connectivity index (χ1) is 10.5. The summed E-state index contributed by atoms with van der Waals surface area (Å²) < 4.78 is 27.7. The van der Waals surface area contributed by atoms with Crippen LogP contribution in [0, 0.1) is 5.92 Å². The quantitative estimate of drug-likeness (QED) is 0.766. The lowest BCUT2D eigenvalue weighted by molar-refractivity contribution is 0.0927. The van der Waals surface area contributed by atoms with Crippen molar-refractivity contribution in [2.75, 3.05) is 5.88 Å². The van der Waals surface area contributed by atoms with E-state index in [9.17, 15) is 13.2 Å². The van der Waals surface area contributed by atoms with Gasteiger partial charge in [-0.25, -0.2) is 13.1 Å². The van der Waals surface area contributed by atoms with Crippen LogP contribution in [-0.4, -0.2) is 31.8 Å². The van der Waals surface area contributed by atoms with E-state index >= 15 is 0 Å². The summed E-state index contributed by atoms with van der Waals surface area (Å²) in [4.78, 5) is 12.5. The number of hydrogen-bond donors (Lipinski definition) is 2. The van der Waals surface area contributed by atoms with Crippen LogP contribution in [-0.2, 0) is 10.0 Å². The molecule has 1 rings (SSSR count). The van der Waals surface area contributed by atoms with Crippen LogP contribution in [0.5, 0.6) is 0 Å². The first kappa shape index (κ1) is 19.9. The fourth-order valence-electron chi connectivity index (χ4n) is 1.98.